The highest BCUT2D eigenvalue weighted by molar-refractivity contribution is 8.03. The molecule has 2 aromatic rings. The molecule has 2 aliphatic rings. The quantitative estimate of drug-likeness (QED) is 0.600. The Balaban J connectivity index is 1.66. The molecule has 0 aromatic heterocycles. The van der Waals surface area contributed by atoms with Crippen molar-refractivity contribution in [2.24, 2.45) is 0 Å². The number of amides is 1. The van der Waals surface area contributed by atoms with Gasteiger partial charge in [0.15, 0.2) is 0 Å². The smallest absolute Gasteiger partial charge is 0.344 e. The number of nitrogens with zero attached hydrogens (tertiary/aromatic N) is 3. The van der Waals surface area contributed by atoms with Gasteiger partial charge in [0.05, 0.1) is 34.8 Å². The number of carbonyl (C=O) groups excluding carboxylic acids is 1. The molecule has 0 saturated carbocycles. The maximum atomic E-state index is 13.1. The van der Waals surface area contributed by atoms with Gasteiger partial charge in [0, 0.05) is 23.0 Å². The molecule has 0 bridgehead atoms. The number of hydrogen-bond donors (Lipinski definition) is 0. The lowest BCUT2D eigenvalue weighted by Gasteiger charge is -2.42. The molecule has 0 spiro atoms. The minimum absolute atomic E-state index is 0.0765. The van der Waals surface area contributed by atoms with Crippen LogP contribution < -0.4 is 4.90 Å². The highest BCUT2D eigenvalue weighted by Gasteiger charge is 2.39. The largest absolute Gasteiger partial charge is 0.416 e. The zero-order chi connectivity index (χ0) is 21.5. The first-order valence-corrected chi connectivity index (χ1v) is 10.4. The van der Waals surface area contributed by atoms with E-state index in [1.165, 1.54) is 22.7 Å². The van der Waals surface area contributed by atoms with E-state index in [2.05, 4.69) is 6.07 Å². The van der Waals surface area contributed by atoms with Gasteiger partial charge in [-0.15, -0.1) is 0 Å². The number of carbonyl (C=O) groups is 1. The highest BCUT2D eigenvalue weighted by Crippen LogP contribution is 2.44. The van der Waals surface area contributed by atoms with Crippen molar-refractivity contribution in [3.63, 3.8) is 0 Å². The maximum absolute atomic E-state index is 13.1. The molecule has 2 heterocycles. The Bertz CT molecular complexity index is 1080. The van der Waals surface area contributed by atoms with E-state index in [0.717, 1.165) is 17.7 Å². The topological polar surface area (TPSA) is 47.3 Å². The van der Waals surface area contributed by atoms with Crippen LogP contribution in [0.25, 0.3) is 0 Å². The minimum Gasteiger partial charge on any atom is -0.344 e. The van der Waals surface area contributed by atoms with Crippen molar-refractivity contribution in [2.45, 2.75) is 18.5 Å². The average molecular weight is 450 g/mol. The predicted octanol–water partition coefficient (Wildman–Crippen LogP) is 5.58. The first-order valence-electron chi connectivity index (χ1n) is 9.03. The normalized spacial score (nSPS) is 19.6. The molecule has 30 heavy (non-hydrogen) atoms. The summed E-state index contributed by atoms with van der Waals surface area (Å²) in [4.78, 5) is 16.1. The van der Waals surface area contributed by atoms with Crippen LogP contribution in [0.2, 0.25) is 5.02 Å². The van der Waals surface area contributed by atoms with Gasteiger partial charge in [0.25, 0.3) is 0 Å². The molecule has 2 aliphatic heterocycles. The lowest BCUT2D eigenvalue weighted by Crippen LogP contribution is -2.47. The molecular formula is C21H15ClF3N3OS. The van der Waals surface area contributed by atoms with Crippen molar-refractivity contribution in [1.82, 2.24) is 4.90 Å². The standard InChI is InChI=1S/C21H15ClF3N3OS/c22-18-7-2-1-6-15(18)16-9-19(29)28-11-27(12-30-20(28)17(16)10-26)14-5-3-4-13(8-14)21(23,24)25/h1-8,16H,9,11-12H2/t16-/m1/s1. The number of alkyl halides is 3. The van der Waals surface area contributed by atoms with Crippen molar-refractivity contribution in [3.8, 4) is 6.07 Å². The van der Waals surface area contributed by atoms with Crippen molar-refractivity contribution < 1.29 is 18.0 Å². The van der Waals surface area contributed by atoms with Gasteiger partial charge in [-0.1, -0.05) is 47.6 Å². The summed E-state index contributed by atoms with van der Waals surface area (Å²) >= 11 is 7.56. The van der Waals surface area contributed by atoms with E-state index in [0.29, 0.717) is 27.2 Å². The minimum atomic E-state index is -4.44. The number of allylic oxidation sites excluding steroid dienone is 1. The van der Waals surface area contributed by atoms with E-state index >= 15 is 0 Å². The van der Waals surface area contributed by atoms with Crippen LogP contribution in [0.5, 0.6) is 0 Å². The molecule has 1 amide bonds. The van der Waals surface area contributed by atoms with Gasteiger partial charge in [-0.3, -0.25) is 9.69 Å². The molecule has 2 aromatic carbocycles. The molecule has 0 N–H and O–H groups in total. The number of thioether (sulfide) groups is 1. The number of fused-ring (bicyclic) bond motifs is 1. The summed E-state index contributed by atoms with van der Waals surface area (Å²) in [5.74, 6) is -0.311. The third-order valence-corrected chi connectivity index (χ3v) is 6.61. The molecule has 4 rings (SSSR count). The number of anilines is 1. The molecule has 154 valence electrons. The van der Waals surface area contributed by atoms with E-state index < -0.39 is 17.7 Å². The Labute approximate surface area is 180 Å². The second-order valence-electron chi connectivity index (χ2n) is 6.93. The lowest BCUT2D eigenvalue weighted by atomic mass is 9.86. The molecule has 4 nitrogen and oxygen atoms in total. The Kier molecular flexibility index (Phi) is 5.43. The molecule has 0 radical (unpaired) electrons. The zero-order valence-corrected chi connectivity index (χ0v) is 17.1. The van der Waals surface area contributed by atoms with Crippen LogP contribution in [0.4, 0.5) is 18.9 Å². The SMILES string of the molecule is N#CC1=C2SCN(c3cccc(C(F)(F)F)c3)CN2C(=O)C[C@@H]1c1ccccc1Cl. The summed E-state index contributed by atoms with van der Waals surface area (Å²) < 4.78 is 39.2. The predicted molar refractivity (Wildman–Crippen MR) is 110 cm³/mol. The van der Waals surface area contributed by atoms with Crippen LogP contribution in [-0.4, -0.2) is 23.4 Å². The van der Waals surface area contributed by atoms with Crippen molar-refractivity contribution in [2.75, 3.05) is 17.4 Å². The van der Waals surface area contributed by atoms with E-state index in [1.807, 2.05) is 0 Å². The van der Waals surface area contributed by atoms with Crippen LogP contribution in [0.3, 0.4) is 0 Å². The fraction of sp³-hybridized carbons (Fsp3) is 0.238. The van der Waals surface area contributed by atoms with E-state index in [-0.39, 0.29) is 19.0 Å². The Morgan fingerprint density at radius 2 is 1.93 bits per heavy atom. The van der Waals surface area contributed by atoms with Gasteiger partial charge in [-0.2, -0.15) is 18.4 Å². The first kappa shape index (κ1) is 20.6. The van der Waals surface area contributed by atoms with Gasteiger partial charge in [-0.05, 0) is 29.8 Å². The molecule has 1 saturated heterocycles. The third kappa shape index (κ3) is 3.75. The molecule has 1 atom stereocenters. The maximum Gasteiger partial charge on any atom is 0.416 e. The second kappa shape index (κ2) is 7.89. The van der Waals surface area contributed by atoms with E-state index in [9.17, 15) is 23.2 Å². The number of rotatable bonds is 2. The summed E-state index contributed by atoms with van der Waals surface area (Å²) in [6.45, 7) is 0.0862. The second-order valence-corrected chi connectivity index (χ2v) is 8.27. The van der Waals surface area contributed by atoms with Crippen LogP contribution in [0, 0.1) is 11.3 Å². The number of halogens is 4. The first-order chi connectivity index (χ1) is 14.3. The Morgan fingerprint density at radius 1 is 1.17 bits per heavy atom. The Hall–Kier alpha value is -2.63. The summed E-state index contributed by atoms with van der Waals surface area (Å²) in [5.41, 5.74) is 0.803. The van der Waals surface area contributed by atoms with Gasteiger partial charge in [0.2, 0.25) is 5.91 Å². The fourth-order valence-corrected chi connectivity index (χ4v) is 5.06. The van der Waals surface area contributed by atoms with E-state index in [4.69, 9.17) is 11.6 Å². The molecule has 1 fully saturated rings. The number of nitriles is 1. The number of benzene rings is 2. The fourth-order valence-electron chi connectivity index (χ4n) is 3.63. The van der Waals surface area contributed by atoms with Crippen molar-refractivity contribution in [3.05, 3.63) is 75.3 Å². The van der Waals surface area contributed by atoms with E-state index in [1.54, 1.807) is 35.2 Å². The third-order valence-electron chi connectivity index (χ3n) is 5.11. The zero-order valence-electron chi connectivity index (χ0n) is 15.5. The molecular weight excluding hydrogens is 435 g/mol. The summed E-state index contributed by atoms with van der Waals surface area (Å²) in [6, 6.07) is 14.3. The van der Waals surface area contributed by atoms with Crippen molar-refractivity contribution in [1.29, 1.82) is 5.26 Å². The number of hydrogen-bond acceptors (Lipinski definition) is 4. The van der Waals surface area contributed by atoms with Gasteiger partial charge >= 0.3 is 6.18 Å². The van der Waals surface area contributed by atoms with Crippen LogP contribution >= 0.6 is 23.4 Å². The monoisotopic (exact) mass is 449 g/mol. The molecule has 0 aliphatic carbocycles. The molecule has 0 unspecified atom stereocenters. The molecule has 9 heteroatoms. The lowest BCUT2D eigenvalue weighted by molar-refractivity contribution is -0.137. The summed E-state index contributed by atoms with van der Waals surface area (Å²) in [7, 11) is 0. The summed E-state index contributed by atoms with van der Waals surface area (Å²) in [6.07, 6.45) is -4.37. The van der Waals surface area contributed by atoms with Crippen LogP contribution in [0.1, 0.15) is 23.5 Å². The average Bonchev–Trinajstić information content (AvgIpc) is 2.73. The van der Waals surface area contributed by atoms with Crippen LogP contribution in [0.15, 0.2) is 59.1 Å². The van der Waals surface area contributed by atoms with Gasteiger partial charge in [0.1, 0.15) is 0 Å². The van der Waals surface area contributed by atoms with Gasteiger partial charge < -0.3 is 4.90 Å². The summed E-state index contributed by atoms with van der Waals surface area (Å²) in [5, 5.41) is 10.8. The van der Waals surface area contributed by atoms with Crippen LogP contribution in [-0.2, 0) is 11.0 Å². The van der Waals surface area contributed by atoms with Crippen molar-refractivity contribution >= 4 is 35.0 Å². The van der Waals surface area contributed by atoms with Gasteiger partial charge in [-0.25, -0.2) is 0 Å². The Morgan fingerprint density at radius 3 is 2.63 bits per heavy atom. The highest BCUT2D eigenvalue weighted by atomic mass is 35.5.